The van der Waals surface area contributed by atoms with Gasteiger partial charge in [0, 0.05) is 6.42 Å². The normalized spacial score (nSPS) is 11.0. The summed E-state index contributed by atoms with van der Waals surface area (Å²) in [5.41, 5.74) is 0. The summed E-state index contributed by atoms with van der Waals surface area (Å²) in [5.74, 6) is 0.0272. The molecule has 0 heterocycles. The summed E-state index contributed by atoms with van der Waals surface area (Å²) in [6.45, 7) is 5.21. The molecule has 0 aliphatic heterocycles. The Bertz CT molecular complexity index is 377. The molecule has 0 aliphatic rings. The fourth-order valence-corrected chi connectivity index (χ4v) is 5.20. The van der Waals surface area contributed by atoms with Crippen LogP contribution < -0.4 is 0 Å². The zero-order valence-electron chi connectivity index (χ0n) is 25.2. The zero-order chi connectivity index (χ0) is 26.2. The van der Waals surface area contributed by atoms with Crippen molar-refractivity contribution in [2.75, 3.05) is 6.61 Å². The van der Waals surface area contributed by atoms with Crippen molar-refractivity contribution < 1.29 is 9.53 Å². The van der Waals surface area contributed by atoms with Crippen molar-refractivity contribution in [2.24, 2.45) is 0 Å². The third-order valence-electron chi connectivity index (χ3n) is 7.75. The van der Waals surface area contributed by atoms with Gasteiger partial charge in [0.05, 0.1) is 6.61 Å². The topological polar surface area (TPSA) is 26.3 Å². The third kappa shape index (κ3) is 37.1. The molecule has 0 saturated carbocycles. The molecule has 0 spiro atoms. The Morgan fingerprint density at radius 3 is 0.919 bits per heavy atom. The van der Waals surface area contributed by atoms with Crippen molar-refractivity contribution in [1.29, 1.82) is 0 Å². The Morgan fingerprint density at radius 1 is 0.378 bits per heavy atom. The van der Waals surface area contributed by atoms with Crippen LogP contribution in [-0.4, -0.2) is 64.0 Å². The Morgan fingerprint density at radius 2 is 0.622 bits per heavy atom. The van der Waals surface area contributed by atoms with Gasteiger partial charge in [0.25, 0.3) is 0 Å². The first kappa shape index (κ1) is 40.2. The first-order valence-corrected chi connectivity index (χ1v) is 17.0. The first-order chi connectivity index (χ1) is 17.8. The Balaban J connectivity index is 0. The van der Waals surface area contributed by atoms with E-state index in [-0.39, 0.29) is 57.4 Å². The molecular weight excluding hydrogens is 479 g/mol. The van der Waals surface area contributed by atoms with Crippen LogP contribution in [0.1, 0.15) is 206 Å². The van der Waals surface area contributed by atoms with Gasteiger partial charge in [-0.25, -0.2) is 0 Å². The minimum atomic E-state index is 0. The van der Waals surface area contributed by atoms with Crippen LogP contribution in [0.4, 0.5) is 0 Å². The maximum atomic E-state index is 11.9. The summed E-state index contributed by atoms with van der Waals surface area (Å²) in [6.07, 6.45) is 40.1. The molecule has 0 N–H and O–H groups in total. The molecule has 3 heteroatoms. The maximum absolute atomic E-state index is 11.9. The van der Waals surface area contributed by atoms with E-state index < -0.39 is 0 Å². The van der Waals surface area contributed by atoms with E-state index in [2.05, 4.69) is 13.8 Å². The fourth-order valence-electron chi connectivity index (χ4n) is 5.20. The zero-order valence-corrected chi connectivity index (χ0v) is 25.2. The van der Waals surface area contributed by atoms with Gasteiger partial charge in [-0.05, 0) is 12.8 Å². The van der Waals surface area contributed by atoms with Gasteiger partial charge in [-0.3, -0.25) is 4.79 Å². The molecule has 0 aromatic rings. The van der Waals surface area contributed by atoms with Crippen molar-refractivity contribution in [3.8, 4) is 0 Å². The van der Waals surface area contributed by atoms with Gasteiger partial charge in [-0.2, -0.15) is 0 Å². The first-order valence-electron chi connectivity index (χ1n) is 17.0. The van der Waals surface area contributed by atoms with Gasteiger partial charge in [0.15, 0.2) is 0 Å². The number of hydrogen-bond acceptors (Lipinski definition) is 2. The van der Waals surface area contributed by atoms with E-state index >= 15 is 0 Å². The Labute approximate surface area is 277 Å². The van der Waals surface area contributed by atoms with Gasteiger partial charge in [-0.15, -0.1) is 0 Å². The van der Waals surface area contributed by atoms with Crippen molar-refractivity contribution in [3.05, 3.63) is 0 Å². The fraction of sp³-hybridized carbons (Fsp3) is 0.971. The molecule has 0 aromatic carbocycles. The third-order valence-corrected chi connectivity index (χ3v) is 7.75. The van der Waals surface area contributed by atoms with Crippen LogP contribution in [-0.2, 0) is 9.53 Å². The number of carbonyl (C=O) groups excluding carboxylic acids is 1. The molecule has 0 bridgehead atoms. The van der Waals surface area contributed by atoms with Gasteiger partial charge in [0.1, 0.15) is 0 Å². The average Bonchev–Trinajstić information content (AvgIpc) is 2.88. The molecule has 0 aromatic heterocycles. The van der Waals surface area contributed by atoms with Crippen LogP contribution in [0.3, 0.4) is 0 Å². The SMILES string of the molecule is CCCCCCCCCCCCCCCCCC(=O)OCCCCCCCCCCCCCCCC.[KH]. The molecule has 0 saturated heterocycles. The van der Waals surface area contributed by atoms with Gasteiger partial charge in [-0.1, -0.05) is 187 Å². The Hall–Kier alpha value is 1.11. The summed E-state index contributed by atoms with van der Waals surface area (Å²) in [6, 6.07) is 0. The predicted molar refractivity (Wildman–Crippen MR) is 168 cm³/mol. The molecule has 0 aliphatic carbocycles. The second-order valence-corrected chi connectivity index (χ2v) is 11.5. The van der Waals surface area contributed by atoms with Crippen molar-refractivity contribution in [3.63, 3.8) is 0 Å². The van der Waals surface area contributed by atoms with E-state index in [1.54, 1.807) is 0 Å². The van der Waals surface area contributed by atoms with E-state index in [0.717, 1.165) is 12.8 Å². The number of unbranched alkanes of at least 4 members (excludes halogenated alkanes) is 27. The van der Waals surface area contributed by atoms with Crippen LogP contribution in [0.2, 0.25) is 0 Å². The minimum absolute atomic E-state index is 0. The average molecular weight is 549 g/mol. The van der Waals surface area contributed by atoms with E-state index in [4.69, 9.17) is 4.74 Å². The number of rotatable bonds is 31. The number of esters is 1. The summed E-state index contributed by atoms with van der Waals surface area (Å²) in [4.78, 5) is 11.9. The molecule has 2 nitrogen and oxygen atoms in total. The molecule has 0 atom stereocenters. The molecule has 0 amide bonds. The number of carbonyl (C=O) groups is 1. The van der Waals surface area contributed by atoms with E-state index in [0.29, 0.717) is 13.0 Å². The summed E-state index contributed by atoms with van der Waals surface area (Å²) in [7, 11) is 0. The van der Waals surface area contributed by atoms with Crippen LogP contribution in [0, 0.1) is 0 Å². The van der Waals surface area contributed by atoms with E-state index in [1.165, 1.54) is 173 Å². The molecule has 37 heavy (non-hydrogen) atoms. The summed E-state index contributed by atoms with van der Waals surface area (Å²) < 4.78 is 5.43. The molecular formula is C34H69KO2. The molecule has 0 rings (SSSR count). The van der Waals surface area contributed by atoms with E-state index in [9.17, 15) is 4.79 Å². The second-order valence-electron chi connectivity index (χ2n) is 11.5. The van der Waals surface area contributed by atoms with Crippen LogP contribution >= 0.6 is 0 Å². The molecule has 0 fully saturated rings. The van der Waals surface area contributed by atoms with Crippen molar-refractivity contribution in [2.45, 2.75) is 206 Å². The monoisotopic (exact) mass is 548 g/mol. The van der Waals surface area contributed by atoms with Crippen molar-refractivity contribution >= 4 is 57.4 Å². The van der Waals surface area contributed by atoms with Gasteiger partial charge < -0.3 is 4.74 Å². The quantitative estimate of drug-likeness (QED) is 0.0489. The number of ether oxygens (including phenoxy) is 1. The van der Waals surface area contributed by atoms with Crippen LogP contribution in [0.25, 0.3) is 0 Å². The molecule has 0 radical (unpaired) electrons. The standard InChI is InChI=1S/C34H68O2.K.H/c1-3-5-7-9-11-13-15-17-19-20-22-24-26-28-30-32-34(35)36-33-31-29-27-25-23-21-18-16-14-12-10-8-6-4-2;;/h3-33H2,1-2H3;;. The summed E-state index contributed by atoms with van der Waals surface area (Å²) in [5, 5.41) is 0. The molecule has 218 valence electrons. The van der Waals surface area contributed by atoms with Crippen LogP contribution in [0.5, 0.6) is 0 Å². The van der Waals surface area contributed by atoms with E-state index in [1.807, 2.05) is 0 Å². The van der Waals surface area contributed by atoms with Gasteiger partial charge >= 0.3 is 57.4 Å². The second kappa shape index (κ2) is 37.1. The van der Waals surface area contributed by atoms with Crippen molar-refractivity contribution in [1.82, 2.24) is 0 Å². The molecule has 0 unspecified atom stereocenters. The summed E-state index contributed by atoms with van der Waals surface area (Å²) >= 11 is 0. The van der Waals surface area contributed by atoms with Gasteiger partial charge in [0.2, 0.25) is 0 Å². The van der Waals surface area contributed by atoms with Crippen LogP contribution in [0.15, 0.2) is 0 Å². The Kier molecular flexibility index (Phi) is 40.4. The predicted octanol–water partition coefficient (Wildman–Crippen LogP) is 11.6. The number of hydrogen-bond donors (Lipinski definition) is 0.